The molecule has 0 fully saturated rings. The van der Waals surface area contributed by atoms with Crippen molar-refractivity contribution in [3.63, 3.8) is 0 Å². The summed E-state index contributed by atoms with van der Waals surface area (Å²) < 4.78 is 26.4. The van der Waals surface area contributed by atoms with Crippen molar-refractivity contribution in [3.8, 4) is 0 Å². The van der Waals surface area contributed by atoms with Crippen molar-refractivity contribution in [3.05, 3.63) is 35.4 Å². The largest absolute Gasteiger partial charge is 0.475 e. The quantitative estimate of drug-likeness (QED) is 0.539. The SMILES string of the molecule is CC(C)C[C@H](NC(=O)CNC(=O)c1cc(F)ccc1F)B(O)O. The van der Waals surface area contributed by atoms with E-state index in [1.165, 1.54) is 0 Å². The van der Waals surface area contributed by atoms with E-state index in [2.05, 4.69) is 10.6 Å². The van der Waals surface area contributed by atoms with Crippen LogP contribution in [0.1, 0.15) is 30.6 Å². The van der Waals surface area contributed by atoms with E-state index < -0.39 is 48.6 Å². The first kappa shape index (κ1) is 19.1. The number of nitrogens with one attached hydrogen (secondary N) is 2. The molecule has 1 rings (SSSR count). The molecule has 1 aromatic rings. The maximum Gasteiger partial charge on any atom is 0.475 e. The number of carbonyl (C=O) groups is 2. The van der Waals surface area contributed by atoms with Gasteiger partial charge in [0.2, 0.25) is 5.91 Å². The Hall–Kier alpha value is -2.00. The molecule has 0 saturated carbocycles. The second kappa shape index (κ2) is 8.59. The van der Waals surface area contributed by atoms with Crippen molar-refractivity contribution < 1.29 is 28.4 Å². The van der Waals surface area contributed by atoms with Crippen LogP contribution in [0.15, 0.2) is 18.2 Å². The van der Waals surface area contributed by atoms with E-state index in [-0.39, 0.29) is 5.92 Å². The van der Waals surface area contributed by atoms with Crippen LogP contribution >= 0.6 is 0 Å². The third kappa shape index (κ3) is 6.33. The Balaban J connectivity index is 2.58. The number of benzene rings is 1. The fraction of sp³-hybridized carbons (Fsp3) is 0.429. The summed E-state index contributed by atoms with van der Waals surface area (Å²) in [6.45, 7) is 3.18. The molecule has 9 heteroatoms. The number of rotatable bonds is 7. The molecule has 4 N–H and O–H groups in total. The Kier molecular flexibility index (Phi) is 7.11. The van der Waals surface area contributed by atoms with Gasteiger partial charge >= 0.3 is 7.12 Å². The van der Waals surface area contributed by atoms with Crippen molar-refractivity contribution in [1.29, 1.82) is 0 Å². The number of amides is 2. The molecule has 0 aromatic heterocycles. The van der Waals surface area contributed by atoms with Gasteiger partial charge in [0, 0.05) is 0 Å². The number of halogens is 2. The van der Waals surface area contributed by atoms with Gasteiger partial charge in [-0.3, -0.25) is 9.59 Å². The van der Waals surface area contributed by atoms with Crippen molar-refractivity contribution in [2.24, 2.45) is 5.92 Å². The third-order valence-corrected chi connectivity index (χ3v) is 3.01. The highest BCUT2D eigenvalue weighted by Crippen LogP contribution is 2.09. The zero-order valence-corrected chi connectivity index (χ0v) is 12.8. The Bertz CT molecular complexity index is 570. The summed E-state index contributed by atoms with van der Waals surface area (Å²) in [6, 6.07) is 2.41. The number of hydrogen-bond donors (Lipinski definition) is 4. The first-order chi connectivity index (χ1) is 10.7. The van der Waals surface area contributed by atoms with Crippen LogP contribution in [0.2, 0.25) is 0 Å². The van der Waals surface area contributed by atoms with E-state index in [0.29, 0.717) is 6.42 Å². The van der Waals surface area contributed by atoms with E-state index >= 15 is 0 Å². The van der Waals surface area contributed by atoms with Crippen LogP contribution in [-0.2, 0) is 4.79 Å². The molecule has 23 heavy (non-hydrogen) atoms. The average Bonchev–Trinajstić information content (AvgIpc) is 2.46. The van der Waals surface area contributed by atoms with E-state index in [4.69, 9.17) is 0 Å². The summed E-state index contributed by atoms with van der Waals surface area (Å²) >= 11 is 0. The molecule has 2 amide bonds. The monoisotopic (exact) mass is 328 g/mol. The maximum atomic E-state index is 13.4. The molecule has 0 aliphatic carbocycles. The maximum absolute atomic E-state index is 13.4. The highest BCUT2D eigenvalue weighted by atomic mass is 19.1. The minimum atomic E-state index is -1.74. The molecule has 0 spiro atoms. The van der Waals surface area contributed by atoms with Gasteiger partial charge in [0.1, 0.15) is 11.6 Å². The summed E-state index contributed by atoms with van der Waals surface area (Å²) in [5.41, 5.74) is -0.515. The summed E-state index contributed by atoms with van der Waals surface area (Å²) in [4.78, 5) is 23.4. The zero-order chi connectivity index (χ0) is 17.6. The highest BCUT2D eigenvalue weighted by Gasteiger charge is 2.26. The molecule has 0 aliphatic rings. The van der Waals surface area contributed by atoms with Gasteiger partial charge in [0.25, 0.3) is 5.91 Å². The topological polar surface area (TPSA) is 98.7 Å². The van der Waals surface area contributed by atoms with E-state index in [1.807, 2.05) is 13.8 Å². The zero-order valence-electron chi connectivity index (χ0n) is 12.8. The molecule has 126 valence electrons. The van der Waals surface area contributed by atoms with Crippen molar-refractivity contribution >= 4 is 18.9 Å². The predicted molar refractivity (Wildman–Crippen MR) is 80.3 cm³/mol. The van der Waals surface area contributed by atoms with E-state index in [1.54, 1.807) is 0 Å². The lowest BCUT2D eigenvalue weighted by Crippen LogP contribution is -2.50. The lowest BCUT2D eigenvalue weighted by Gasteiger charge is -2.19. The van der Waals surface area contributed by atoms with Crippen molar-refractivity contribution in [1.82, 2.24) is 10.6 Å². The van der Waals surface area contributed by atoms with Gasteiger partial charge in [-0.15, -0.1) is 0 Å². The fourth-order valence-corrected chi connectivity index (χ4v) is 1.95. The Morgan fingerprint density at radius 3 is 2.48 bits per heavy atom. The third-order valence-electron chi connectivity index (χ3n) is 3.01. The van der Waals surface area contributed by atoms with Crippen LogP contribution in [0, 0.1) is 17.6 Å². The molecule has 1 aromatic carbocycles. The summed E-state index contributed by atoms with van der Waals surface area (Å²) in [5.74, 6) is -4.08. The first-order valence-corrected chi connectivity index (χ1v) is 7.09. The molecule has 0 bridgehead atoms. The molecule has 6 nitrogen and oxygen atoms in total. The van der Waals surface area contributed by atoms with Crippen LogP contribution in [0.25, 0.3) is 0 Å². The highest BCUT2D eigenvalue weighted by molar-refractivity contribution is 6.43. The van der Waals surface area contributed by atoms with Gasteiger partial charge in [-0.25, -0.2) is 8.78 Å². The van der Waals surface area contributed by atoms with E-state index in [0.717, 1.165) is 18.2 Å². The summed E-state index contributed by atoms with van der Waals surface area (Å²) in [6.07, 6.45) is 0.329. The van der Waals surface area contributed by atoms with Crippen LogP contribution in [0.3, 0.4) is 0 Å². The van der Waals surface area contributed by atoms with Gasteiger partial charge in [-0.2, -0.15) is 0 Å². The molecular formula is C14H19BF2N2O4. The molecule has 0 aliphatic heterocycles. The number of hydrogen-bond acceptors (Lipinski definition) is 4. The Morgan fingerprint density at radius 2 is 1.91 bits per heavy atom. The van der Waals surface area contributed by atoms with Gasteiger partial charge in [0.15, 0.2) is 0 Å². The smallest absolute Gasteiger partial charge is 0.426 e. The minimum absolute atomic E-state index is 0.109. The van der Waals surface area contributed by atoms with Gasteiger partial charge in [-0.05, 0) is 30.5 Å². The second-order valence-electron chi connectivity index (χ2n) is 5.52. The van der Waals surface area contributed by atoms with Crippen LogP contribution in [0.4, 0.5) is 8.78 Å². The summed E-state index contributed by atoms with van der Waals surface area (Å²) in [7, 11) is -1.74. The summed E-state index contributed by atoms with van der Waals surface area (Å²) in [5, 5.41) is 22.9. The van der Waals surface area contributed by atoms with Crippen LogP contribution in [-0.4, -0.2) is 41.5 Å². The van der Waals surface area contributed by atoms with Crippen LogP contribution in [0.5, 0.6) is 0 Å². The van der Waals surface area contributed by atoms with Gasteiger partial charge < -0.3 is 20.7 Å². The normalized spacial score (nSPS) is 12.0. The molecule has 0 unspecified atom stereocenters. The minimum Gasteiger partial charge on any atom is -0.426 e. The molecule has 1 atom stereocenters. The standard InChI is InChI=1S/C14H19BF2N2O4/c1-8(2)5-12(15(22)23)19-13(20)7-18-14(21)10-6-9(16)3-4-11(10)17/h3-4,6,8,12,22-23H,5,7H2,1-2H3,(H,18,21)(H,19,20)/t12-/m0/s1. The van der Waals surface area contributed by atoms with Crippen molar-refractivity contribution in [2.45, 2.75) is 26.2 Å². The van der Waals surface area contributed by atoms with Gasteiger partial charge in [0.05, 0.1) is 18.0 Å². The number of carbonyl (C=O) groups excluding carboxylic acids is 2. The van der Waals surface area contributed by atoms with Gasteiger partial charge in [-0.1, -0.05) is 13.8 Å². The molecule has 0 saturated heterocycles. The second-order valence-corrected chi connectivity index (χ2v) is 5.52. The fourth-order valence-electron chi connectivity index (χ4n) is 1.95. The van der Waals surface area contributed by atoms with E-state index in [9.17, 15) is 28.4 Å². The Morgan fingerprint density at radius 1 is 1.26 bits per heavy atom. The molecule has 0 heterocycles. The Labute approximate surface area is 133 Å². The van der Waals surface area contributed by atoms with Crippen molar-refractivity contribution in [2.75, 3.05) is 6.54 Å². The lowest BCUT2D eigenvalue weighted by atomic mass is 9.75. The first-order valence-electron chi connectivity index (χ1n) is 7.09. The lowest BCUT2D eigenvalue weighted by molar-refractivity contribution is -0.120. The predicted octanol–water partition coefficient (Wildman–Crippen LogP) is 0.237. The molecular weight excluding hydrogens is 309 g/mol. The average molecular weight is 328 g/mol. The molecule has 0 radical (unpaired) electrons. The van der Waals surface area contributed by atoms with Crippen LogP contribution < -0.4 is 10.6 Å².